The van der Waals surface area contributed by atoms with Gasteiger partial charge in [-0.05, 0) is 43.4 Å². The summed E-state index contributed by atoms with van der Waals surface area (Å²) in [7, 11) is -0.693. The molecule has 0 spiro atoms. The Bertz CT molecular complexity index is 419. The Balaban J connectivity index is 1.78. The van der Waals surface area contributed by atoms with Crippen LogP contribution in [0.3, 0.4) is 0 Å². The molecule has 1 aliphatic rings. The topological polar surface area (TPSA) is 29.1 Å². The molecule has 1 aliphatic carbocycles. The zero-order valence-corrected chi connectivity index (χ0v) is 12.1. The second-order valence-electron chi connectivity index (χ2n) is 5.26. The summed E-state index contributed by atoms with van der Waals surface area (Å²) in [5.41, 5.74) is 3.01. The Morgan fingerprint density at radius 2 is 2.11 bits per heavy atom. The molecule has 100 valence electrons. The van der Waals surface area contributed by atoms with E-state index in [0.29, 0.717) is 11.3 Å². The molecule has 3 atom stereocenters. The quantitative estimate of drug-likeness (QED) is 0.885. The highest BCUT2D eigenvalue weighted by atomic mass is 32.2. The van der Waals surface area contributed by atoms with E-state index in [2.05, 4.69) is 36.5 Å². The van der Waals surface area contributed by atoms with Crippen molar-refractivity contribution in [1.82, 2.24) is 5.32 Å². The van der Waals surface area contributed by atoms with E-state index in [4.69, 9.17) is 0 Å². The second-order valence-corrected chi connectivity index (χ2v) is 7.06. The molecule has 18 heavy (non-hydrogen) atoms. The summed E-state index contributed by atoms with van der Waals surface area (Å²) >= 11 is 0. The van der Waals surface area contributed by atoms with Crippen molar-refractivity contribution >= 4 is 10.8 Å². The number of rotatable bonds is 5. The van der Waals surface area contributed by atoms with E-state index in [0.717, 1.165) is 19.4 Å². The molecule has 0 amide bonds. The van der Waals surface area contributed by atoms with E-state index in [1.54, 1.807) is 6.26 Å². The molecule has 1 aromatic carbocycles. The Morgan fingerprint density at radius 1 is 1.39 bits per heavy atom. The summed E-state index contributed by atoms with van der Waals surface area (Å²) in [5, 5.41) is 3.91. The van der Waals surface area contributed by atoms with Crippen LogP contribution in [0.1, 0.15) is 30.9 Å². The molecule has 3 heteroatoms. The molecule has 0 fully saturated rings. The first-order chi connectivity index (χ1) is 8.66. The van der Waals surface area contributed by atoms with Crippen molar-refractivity contribution in [3.8, 4) is 0 Å². The van der Waals surface area contributed by atoms with E-state index in [1.165, 1.54) is 24.0 Å². The van der Waals surface area contributed by atoms with Gasteiger partial charge in [0.25, 0.3) is 0 Å². The van der Waals surface area contributed by atoms with Crippen LogP contribution in [0.25, 0.3) is 0 Å². The van der Waals surface area contributed by atoms with Gasteiger partial charge in [0.15, 0.2) is 0 Å². The monoisotopic (exact) mass is 265 g/mol. The number of fused-ring (bicyclic) bond motifs is 1. The average Bonchev–Trinajstić information content (AvgIpc) is 2.38. The minimum absolute atomic E-state index is 0.299. The van der Waals surface area contributed by atoms with Crippen molar-refractivity contribution in [1.29, 1.82) is 0 Å². The van der Waals surface area contributed by atoms with Crippen LogP contribution in [-0.2, 0) is 23.6 Å². The summed E-state index contributed by atoms with van der Waals surface area (Å²) < 4.78 is 11.3. The van der Waals surface area contributed by atoms with E-state index in [-0.39, 0.29) is 0 Å². The van der Waals surface area contributed by atoms with Crippen LogP contribution < -0.4 is 5.32 Å². The molecule has 0 aromatic heterocycles. The van der Waals surface area contributed by atoms with Gasteiger partial charge >= 0.3 is 0 Å². The molecular weight excluding hydrogens is 242 g/mol. The van der Waals surface area contributed by atoms with Crippen LogP contribution in [0.5, 0.6) is 0 Å². The lowest BCUT2D eigenvalue weighted by Gasteiger charge is -2.26. The predicted octanol–water partition coefficient (Wildman–Crippen LogP) is 2.29. The Morgan fingerprint density at radius 3 is 2.83 bits per heavy atom. The van der Waals surface area contributed by atoms with Gasteiger partial charge in [0.2, 0.25) is 0 Å². The maximum absolute atomic E-state index is 11.3. The first kappa shape index (κ1) is 13.8. The van der Waals surface area contributed by atoms with E-state index in [1.807, 2.05) is 0 Å². The van der Waals surface area contributed by atoms with Gasteiger partial charge in [0, 0.05) is 28.3 Å². The molecule has 1 aromatic rings. The van der Waals surface area contributed by atoms with E-state index < -0.39 is 10.8 Å². The lowest BCUT2D eigenvalue weighted by molar-refractivity contribution is 0.453. The third kappa shape index (κ3) is 3.66. The molecule has 0 radical (unpaired) electrons. The number of hydrogen-bond acceptors (Lipinski definition) is 2. The van der Waals surface area contributed by atoms with E-state index >= 15 is 0 Å². The summed E-state index contributed by atoms with van der Waals surface area (Å²) in [6.45, 7) is 3.04. The molecule has 1 N–H and O–H groups in total. The summed E-state index contributed by atoms with van der Waals surface area (Å²) in [4.78, 5) is 0. The van der Waals surface area contributed by atoms with Crippen LogP contribution in [0.2, 0.25) is 0 Å². The molecule has 0 aliphatic heterocycles. The number of nitrogens with one attached hydrogen (secondary N) is 1. The normalized spacial score (nSPS) is 22.2. The van der Waals surface area contributed by atoms with Crippen molar-refractivity contribution in [2.75, 3.05) is 12.8 Å². The number of aryl methyl sites for hydroxylation is 1. The molecule has 0 saturated carbocycles. The lowest BCUT2D eigenvalue weighted by atomic mass is 9.88. The molecule has 2 nitrogen and oxygen atoms in total. The molecule has 0 heterocycles. The molecule has 2 rings (SSSR count). The van der Waals surface area contributed by atoms with Crippen LogP contribution in [0, 0.1) is 0 Å². The summed E-state index contributed by atoms with van der Waals surface area (Å²) in [6, 6.07) is 9.34. The zero-order chi connectivity index (χ0) is 13.0. The Hall–Kier alpha value is -0.670. The molecule has 0 bridgehead atoms. The third-order valence-electron chi connectivity index (χ3n) is 3.90. The van der Waals surface area contributed by atoms with E-state index in [9.17, 15) is 4.21 Å². The zero-order valence-electron chi connectivity index (χ0n) is 11.3. The minimum atomic E-state index is -0.693. The van der Waals surface area contributed by atoms with Crippen molar-refractivity contribution in [3.05, 3.63) is 35.4 Å². The smallest absolute Gasteiger partial charge is 0.0329 e. The minimum Gasteiger partial charge on any atom is -0.314 e. The van der Waals surface area contributed by atoms with Gasteiger partial charge in [-0.25, -0.2) is 0 Å². The number of hydrogen-bond donors (Lipinski definition) is 1. The highest BCUT2D eigenvalue weighted by Crippen LogP contribution is 2.20. The summed E-state index contributed by atoms with van der Waals surface area (Å²) in [5.74, 6) is 0. The first-order valence-corrected chi connectivity index (χ1v) is 8.41. The average molecular weight is 265 g/mol. The van der Waals surface area contributed by atoms with Crippen LogP contribution in [-0.4, -0.2) is 28.3 Å². The maximum atomic E-state index is 11.3. The van der Waals surface area contributed by atoms with Gasteiger partial charge < -0.3 is 5.32 Å². The largest absolute Gasteiger partial charge is 0.314 e. The molecule has 0 unspecified atom stereocenters. The van der Waals surface area contributed by atoms with Crippen LogP contribution >= 0.6 is 0 Å². The lowest BCUT2D eigenvalue weighted by Crippen LogP contribution is -2.36. The fourth-order valence-corrected chi connectivity index (χ4v) is 2.98. The Labute approximate surface area is 113 Å². The van der Waals surface area contributed by atoms with Gasteiger partial charge in [-0.2, -0.15) is 0 Å². The summed E-state index contributed by atoms with van der Waals surface area (Å²) in [6.07, 6.45) is 6.34. The van der Waals surface area contributed by atoms with Gasteiger partial charge in [0.1, 0.15) is 0 Å². The van der Waals surface area contributed by atoms with Gasteiger partial charge in [-0.3, -0.25) is 4.21 Å². The second kappa shape index (κ2) is 6.48. The van der Waals surface area contributed by atoms with Crippen molar-refractivity contribution in [2.24, 2.45) is 0 Å². The molecular formula is C15H23NOS. The van der Waals surface area contributed by atoms with Crippen LogP contribution in [0.15, 0.2) is 24.3 Å². The fraction of sp³-hybridized carbons (Fsp3) is 0.600. The van der Waals surface area contributed by atoms with Crippen LogP contribution in [0.4, 0.5) is 0 Å². The maximum Gasteiger partial charge on any atom is 0.0329 e. The molecule has 0 saturated heterocycles. The predicted molar refractivity (Wildman–Crippen MR) is 78.4 cm³/mol. The van der Waals surface area contributed by atoms with Crippen molar-refractivity contribution in [3.63, 3.8) is 0 Å². The SMILES string of the molecule is C[C@@H](CCN[C@@H]1CCc2ccccc2C1)[S@](C)=O. The standard InChI is InChI=1S/C15H23NOS/c1-12(18(2)17)9-10-16-15-8-7-13-5-3-4-6-14(13)11-15/h3-6,12,15-16H,7-11H2,1-2H3/t12-,15+,18-/m0/s1. The highest BCUT2D eigenvalue weighted by molar-refractivity contribution is 7.84. The fourth-order valence-electron chi connectivity index (χ4n) is 2.53. The van der Waals surface area contributed by atoms with Gasteiger partial charge in [-0.15, -0.1) is 0 Å². The van der Waals surface area contributed by atoms with Gasteiger partial charge in [0.05, 0.1) is 0 Å². The Kier molecular flexibility index (Phi) is 4.95. The van der Waals surface area contributed by atoms with Gasteiger partial charge in [-0.1, -0.05) is 31.2 Å². The first-order valence-electron chi connectivity index (χ1n) is 6.79. The highest BCUT2D eigenvalue weighted by Gasteiger charge is 2.17. The number of benzene rings is 1. The van der Waals surface area contributed by atoms with Crippen molar-refractivity contribution in [2.45, 2.75) is 43.9 Å². The van der Waals surface area contributed by atoms with Crippen molar-refractivity contribution < 1.29 is 4.21 Å². The third-order valence-corrected chi connectivity index (χ3v) is 5.27.